The first-order chi connectivity index (χ1) is 14.8. The minimum atomic E-state index is -3.84. The molecule has 0 spiro atoms. The Labute approximate surface area is 189 Å². The van der Waals surface area contributed by atoms with Crippen molar-refractivity contribution in [2.45, 2.75) is 50.0 Å². The Balaban J connectivity index is 1.72. The molecule has 1 aromatic carbocycles. The van der Waals surface area contributed by atoms with E-state index < -0.39 is 10.0 Å². The number of rotatable bonds is 6. The average molecular weight is 472 g/mol. The number of carbonyl (C=O) groups excluding carboxylic acids is 2. The highest BCUT2D eigenvalue weighted by atomic mass is 35.5. The van der Waals surface area contributed by atoms with Crippen molar-refractivity contribution in [2.24, 2.45) is 0 Å². The van der Waals surface area contributed by atoms with Gasteiger partial charge >= 0.3 is 6.09 Å². The largest absolute Gasteiger partial charge is 0.450 e. The Morgan fingerprint density at radius 3 is 2.19 bits per heavy atom. The van der Waals surface area contributed by atoms with Crippen LogP contribution in [0.1, 0.15) is 39.0 Å². The van der Waals surface area contributed by atoms with Crippen LogP contribution < -0.4 is 0 Å². The summed E-state index contributed by atoms with van der Waals surface area (Å²) in [7, 11) is -3.84. The third-order valence-electron chi connectivity index (χ3n) is 5.85. The van der Waals surface area contributed by atoms with Gasteiger partial charge in [0.2, 0.25) is 15.9 Å². The number of nitrogens with zero attached hydrogens (tertiary/aromatic N) is 3. The molecule has 31 heavy (non-hydrogen) atoms. The highest BCUT2D eigenvalue weighted by Crippen LogP contribution is 2.28. The van der Waals surface area contributed by atoms with Crippen molar-refractivity contribution in [3.63, 3.8) is 0 Å². The minimum absolute atomic E-state index is 0.141. The zero-order valence-electron chi connectivity index (χ0n) is 17.8. The van der Waals surface area contributed by atoms with E-state index in [0.717, 1.165) is 32.1 Å². The van der Waals surface area contributed by atoms with E-state index in [1.807, 2.05) is 0 Å². The summed E-state index contributed by atoms with van der Waals surface area (Å²) in [6.45, 7) is 3.31. The number of hydrogen-bond acceptors (Lipinski definition) is 5. The third kappa shape index (κ3) is 5.90. The van der Waals surface area contributed by atoms with Gasteiger partial charge in [0.05, 0.1) is 18.0 Å². The van der Waals surface area contributed by atoms with Crippen LogP contribution in [0.4, 0.5) is 4.79 Å². The van der Waals surface area contributed by atoms with Gasteiger partial charge in [-0.05, 0) is 44.0 Å². The molecule has 0 atom stereocenters. The van der Waals surface area contributed by atoms with Crippen LogP contribution in [0.15, 0.2) is 29.2 Å². The number of carbonyl (C=O) groups is 2. The van der Waals surface area contributed by atoms with Gasteiger partial charge in [-0.1, -0.05) is 30.9 Å². The van der Waals surface area contributed by atoms with E-state index in [-0.39, 0.29) is 29.5 Å². The SMILES string of the molecule is CCOC(=O)N1CCN(C(=O)CN(C2CCCCC2)S(=O)(=O)c2ccc(Cl)cc2)CC1. The summed E-state index contributed by atoms with van der Waals surface area (Å²) in [6.07, 6.45) is 4.08. The first kappa shape index (κ1) is 23.8. The molecule has 172 valence electrons. The quantitative estimate of drug-likeness (QED) is 0.636. The zero-order valence-corrected chi connectivity index (χ0v) is 19.4. The van der Waals surface area contributed by atoms with Gasteiger partial charge in [-0.3, -0.25) is 4.79 Å². The first-order valence-electron chi connectivity index (χ1n) is 10.8. The van der Waals surface area contributed by atoms with E-state index in [9.17, 15) is 18.0 Å². The number of sulfonamides is 1. The fraction of sp³-hybridized carbons (Fsp3) is 0.619. The van der Waals surface area contributed by atoms with Crippen LogP contribution in [-0.4, -0.2) is 79.9 Å². The molecule has 0 radical (unpaired) electrons. The van der Waals surface area contributed by atoms with Gasteiger partial charge in [-0.25, -0.2) is 13.2 Å². The summed E-state index contributed by atoms with van der Waals surface area (Å²) in [4.78, 5) is 28.3. The van der Waals surface area contributed by atoms with Crippen molar-refractivity contribution in [3.8, 4) is 0 Å². The number of hydrogen-bond donors (Lipinski definition) is 0. The molecule has 1 aliphatic heterocycles. The van der Waals surface area contributed by atoms with Crippen molar-refractivity contribution in [1.29, 1.82) is 0 Å². The molecule has 1 aromatic rings. The highest BCUT2D eigenvalue weighted by molar-refractivity contribution is 7.89. The van der Waals surface area contributed by atoms with E-state index >= 15 is 0 Å². The molecule has 1 saturated carbocycles. The van der Waals surface area contributed by atoms with Gasteiger partial charge in [0.15, 0.2) is 0 Å². The number of benzene rings is 1. The zero-order chi connectivity index (χ0) is 22.4. The second kappa shape index (κ2) is 10.7. The predicted octanol–water partition coefficient (Wildman–Crippen LogP) is 2.96. The van der Waals surface area contributed by atoms with Crippen molar-refractivity contribution < 1.29 is 22.7 Å². The Kier molecular flexibility index (Phi) is 8.18. The number of halogens is 1. The maximum atomic E-state index is 13.4. The van der Waals surface area contributed by atoms with Gasteiger partial charge in [-0.2, -0.15) is 4.31 Å². The molecule has 10 heteroatoms. The molecule has 1 saturated heterocycles. The molecule has 2 fully saturated rings. The van der Waals surface area contributed by atoms with Crippen LogP contribution in [-0.2, 0) is 19.6 Å². The molecule has 2 amide bonds. The minimum Gasteiger partial charge on any atom is -0.450 e. The number of piperazine rings is 1. The van der Waals surface area contributed by atoms with E-state index in [2.05, 4.69) is 0 Å². The average Bonchev–Trinajstić information content (AvgIpc) is 2.78. The Morgan fingerprint density at radius 1 is 1.03 bits per heavy atom. The second-order valence-electron chi connectivity index (χ2n) is 7.86. The number of ether oxygens (including phenoxy) is 1. The summed E-state index contributed by atoms with van der Waals surface area (Å²) in [5.74, 6) is -0.244. The summed E-state index contributed by atoms with van der Waals surface area (Å²) >= 11 is 5.92. The van der Waals surface area contributed by atoms with Crippen molar-refractivity contribution in [2.75, 3.05) is 39.3 Å². The Hall–Kier alpha value is -1.84. The smallest absolute Gasteiger partial charge is 0.409 e. The lowest BCUT2D eigenvalue weighted by atomic mass is 9.95. The van der Waals surface area contributed by atoms with Gasteiger partial charge in [0, 0.05) is 37.2 Å². The van der Waals surface area contributed by atoms with Gasteiger partial charge in [0.25, 0.3) is 0 Å². The molecular weight excluding hydrogens is 442 g/mol. The molecule has 0 unspecified atom stereocenters. The van der Waals surface area contributed by atoms with E-state index in [4.69, 9.17) is 16.3 Å². The summed E-state index contributed by atoms with van der Waals surface area (Å²) in [5.41, 5.74) is 0. The van der Waals surface area contributed by atoms with E-state index in [1.54, 1.807) is 28.9 Å². The van der Waals surface area contributed by atoms with Crippen molar-refractivity contribution in [1.82, 2.24) is 14.1 Å². The fourth-order valence-electron chi connectivity index (χ4n) is 4.11. The molecule has 2 aliphatic rings. The molecule has 1 heterocycles. The topological polar surface area (TPSA) is 87.2 Å². The maximum absolute atomic E-state index is 13.4. The third-order valence-corrected chi connectivity index (χ3v) is 8.02. The van der Waals surface area contributed by atoms with Crippen LogP contribution >= 0.6 is 11.6 Å². The molecule has 8 nitrogen and oxygen atoms in total. The van der Waals surface area contributed by atoms with Crippen LogP contribution in [0, 0.1) is 0 Å². The lowest BCUT2D eigenvalue weighted by Gasteiger charge is -2.37. The highest BCUT2D eigenvalue weighted by Gasteiger charge is 2.35. The van der Waals surface area contributed by atoms with E-state index in [1.165, 1.54) is 16.4 Å². The fourth-order valence-corrected chi connectivity index (χ4v) is 5.87. The number of amides is 2. The molecule has 0 N–H and O–H groups in total. The van der Waals surface area contributed by atoms with Crippen molar-refractivity contribution >= 4 is 33.6 Å². The predicted molar refractivity (Wildman–Crippen MR) is 117 cm³/mol. The standard InChI is InChI=1S/C21H30ClN3O5S/c1-2-30-21(27)24-14-12-23(13-15-24)20(26)16-25(18-6-4-3-5-7-18)31(28,29)19-10-8-17(22)9-11-19/h8-11,18H,2-7,12-16H2,1H3. The monoisotopic (exact) mass is 471 g/mol. The Bertz CT molecular complexity index is 864. The molecular formula is C21H30ClN3O5S. The van der Waals surface area contributed by atoms with Crippen molar-refractivity contribution in [3.05, 3.63) is 29.3 Å². The van der Waals surface area contributed by atoms with Crippen LogP contribution in [0.2, 0.25) is 5.02 Å². The Morgan fingerprint density at radius 2 is 1.61 bits per heavy atom. The summed E-state index contributed by atoms with van der Waals surface area (Å²) < 4.78 is 33.2. The normalized spacial score (nSPS) is 18.3. The molecule has 0 aromatic heterocycles. The van der Waals surface area contributed by atoms with Crippen LogP contribution in [0.3, 0.4) is 0 Å². The lowest BCUT2D eigenvalue weighted by molar-refractivity contribution is -0.133. The van der Waals surface area contributed by atoms with E-state index in [0.29, 0.717) is 37.8 Å². The summed E-state index contributed by atoms with van der Waals surface area (Å²) in [5, 5.41) is 0.457. The molecule has 1 aliphatic carbocycles. The molecule has 3 rings (SSSR count). The van der Waals surface area contributed by atoms with Crippen LogP contribution in [0.25, 0.3) is 0 Å². The second-order valence-corrected chi connectivity index (χ2v) is 10.2. The molecule has 0 bridgehead atoms. The first-order valence-corrected chi connectivity index (χ1v) is 12.6. The summed E-state index contributed by atoms with van der Waals surface area (Å²) in [6, 6.07) is 5.86. The van der Waals surface area contributed by atoms with Gasteiger partial charge in [-0.15, -0.1) is 0 Å². The van der Waals surface area contributed by atoms with Gasteiger partial charge in [0.1, 0.15) is 0 Å². The maximum Gasteiger partial charge on any atom is 0.409 e. The van der Waals surface area contributed by atoms with Crippen LogP contribution in [0.5, 0.6) is 0 Å². The lowest BCUT2D eigenvalue weighted by Crippen LogP contribution is -2.54. The van der Waals surface area contributed by atoms with Gasteiger partial charge < -0.3 is 14.5 Å².